The molecule has 0 spiro atoms. The molecule has 1 rings (SSSR count). The fourth-order valence-corrected chi connectivity index (χ4v) is 1.95. The summed E-state index contributed by atoms with van der Waals surface area (Å²) in [5, 5.41) is 9.70. The van der Waals surface area contributed by atoms with Crippen molar-refractivity contribution in [3.8, 4) is 0 Å². The molecule has 100 valence electrons. The monoisotopic (exact) mass is 242 g/mol. The lowest BCUT2D eigenvalue weighted by Crippen LogP contribution is -2.48. The van der Waals surface area contributed by atoms with Crippen LogP contribution in [-0.2, 0) is 9.47 Å². The third-order valence-corrected chi connectivity index (χ3v) is 3.35. The molecule has 0 aromatic carbocycles. The molecule has 1 saturated heterocycles. The van der Waals surface area contributed by atoms with Gasteiger partial charge in [-0.3, -0.25) is 0 Å². The molecule has 17 heavy (non-hydrogen) atoms. The highest BCUT2D eigenvalue weighted by atomic mass is 16.7. The highest BCUT2D eigenvalue weighted by molar-refractivity contribution is 5.11. The zero-order valence-electron chi connectivity index (χ0n) is 11.6. The van der Waals surface area contributed by atoms with Gasteiger partial charge in [0.2, 0.25) is 0 Å². The average molecular weight is 242 g/mol. The number of hydrogen-bond donors (Lipinski definition) is 1. The van der Waals surface area contributed by atoms with Gasteiger partial charge in [0.05, 0.1) is 19.3 Å². The third-order valence-electron chi connectivity index (χ3n) is 3.35. The van der Waals surface area contributed by atoms with Gasteiger partial charge in [-0.25, -0.2) is 0 Å². The van der Waals surface area contributed by atoms with Crippen molar-refractivity contribution in [2.75, 3.05) is 13.2 Å². The molecule has 0 aliphatic carbocycles. The second-order valence-electron chi connectivity index (χ2n) is 5.72. The summed E-state index contributed by atoms with van der Waals surface area (Å²) in [5.74, 6) is -0.689. The first kappa shape index (κ1) is 14.7. The van der Waals surface area contributed by atoms with Crippen LogP contribution in [0.15, 0.2) is 12.2 Å². The molecule has 1 fully saturated rings. The van der Waals surface area contributed by atoms with Gasteiger partial charge in [0.25, 0.3) is 0 Å². The Kier molecular flexibility index (Phi) is 4.76. The Bertz CT molecular complexity index is 261. The van der Waals surface area contributed by atoms with E-state index in [1.807, 2.05) is 13.8 Å². The van der Waals surface area contributed by atoms with E-state index < -0.39 is 5.79 Å². The summed E-state index contributed by atoms with van der Waals surface area (Å²) in [5.41, 5.74) is 0.910. The van der Waals surface area contributed by atoms with Gasteiger partial charge in [-0.05, 0) is 18.4 Å². The van der Waals surface area contributed by atoms with E-state index in [-0.39, 0.29) is 11.5 Å². The van der Waals surface area contributed by atoms with Gasteiger partial charge in [0, 0.05) is 11.8 Å². The minimum Gasteiger partial charge on any atom is -0.393 e. The molecule has 0 saturated carbocycles. The summed E-state index contributed by atoms with van der Waals surface area (Å²) in [7, 11) is 0. The Balaban J connectivity index is 2.67. The van der Waals surface area contributed by atoms with Gasteiger partial charge in [0.1, 0.15) is 0 Å². The van der Waals surface area contributed by atoms with E-state index in [1.165, 1.54) is 0 Å². The normalized spacial score (nSPS) is 24.3. The maximum atomic E-state index is 9.70. The van der Waals surface area contributed by atoms with Crippen molar-refractivity contribution in [2.24, 2.45) is 5.41 Å². The van der Waals surface area contributed by atoms with Crippen molar-refractivity contribution < 1.29 is 14.6 Å². The predicted octanol–water partition coefficient (Wildman–Crippen LogP) is 2.88. The summed E-state index contributed by atoms with van der Waals surface area (Å²) >= 11 is 0. The fraction of sp³-hybridized carbons (Fsp3) is 0.857. The second-order valence-corrected chi connectivity index (χ2v) is 5.72. The lowest BCUT2D eigenvalue weighted by molar-refractivity contribution is -0.280. The van der Waals surface area contributed by atoms with Gasteiger partial charge >= 0.3 is 0 Å². The molecule has 0 radical (unpaired) electrons. The molecule has 1 aliphatic rings. The van der Waals surface area contributed by atoms with Crippen molar-refractivity contribution in [1.29, 1.82) is 0 Å². The number of aliphatic hydroxyl groups is 1. The Morgan fingerprint density at radius 1 is 1.29 bits per heavy atom. The molecule has 1 atom stereocenters. The van der Waals surface area contributed by atoms with Crippen LogP contribution in [0.4, 0.5) is 0 Å². The molecule has 1 heterocycles. The third kappa shape index (κ3) is 3.54. The lowest BCUT2D eigenvalue weighted by atomic mass is 9.91. The lowest BCUT2D eigenvalue weighted by Gasteiger charge is -2.44. The Hall–Kier alpha value is -0.380. The van der Waals surface area contributed by atoms with Crippen LogP contribution in [-0.4, -0.2) is 30.2 Å². The maximum absolute atomic E-state index is 9.70. The van der Waals surface area contributed by atoms with Crippen molar-refractivity contribution in [3.63, 3.8) is 0 Å². The van der Waals surface area contributed by atoms with Crippen LogP contribution in [0, 0.1) is 5.41 Å². The maximum Gasteiger partial charge on any atom is 0.190 e. The first-order valence-electron chi connectivity index (χ1n) is 6.49. The predicted molar refractivity (Wildman–Crippen MR) is 68.8 cm³/mol. The summed E-state index contributed by atoms with van der Waals surface area (Å²) < 4.78 is 11.8. The van der Waals surface area contributed by atoms with E-state index in [4.69, 9.17) is 9.47 Å². The van der Waals surface area contributed by atoms with E-state index in [0.717, 1.165) is 18.4 Å². The molecule has 0 aromatic heterocycles. The summed E-state index contributed by atoms with van der Waals surface area (Å²) in [6, 6.07) is 0. The molecule has 1 aliphatic heterocycles. The van der Waals surface area contributed by atoms with Crippen LogP contribution in [0.1, 0.15) is 47.0 Å². The first-order valence-corrected chi connectivity index (χ1v) is 6.49. The first-order chi connectivity index (χ1) is 7.85. The van der Waals surface area contributed by atoms with Crippen molar-refractivity contribution in [2.45, 2.75) is 58.8 Å². The van der Waals surface area contributed by atoms with E-state index in [0.29, 0.717) is 19.6 Å². The topological polar surface area (TPSA) is 38.7 Å². The van der Waals surface area contributed by atoms with Gasteiger partial charge in [0.15, 0.2) is 5.79 Å². The molecule has 3 nitrogen and oxygen atoms in total. The van der Waals surface area contributed by atoms with Crippen LogP contribution in [0.5, 0.6) is 0 Å². The standard InChI is InChI=1S/C14H26O3/c1-6-12(15)8-11(3)14(7-2)16-9-13(4,5)10-17-14/h12,15H,3,6-10H2,1-2,4-5H3. The van der Waals surface area contributed by atoms with Crippen LogP contribution < -0.4 is 0 Å². The molecule has 0 amide bonds. The van der Waals surface area contributed by atoms with Crippen LogP contribution in [0.25, 0.3) is 0 Å². The van der Waals surface area contributed by atoms with E-state index in [9.17, 15) is 5.11 Å². The quantitative estimate of drug-likeness (QED) is 0.753. The van der Waals surface area contributed by atoms with E-state index in [2.05, 4.69) is 20.4 Å². The van der Waals surface area contributed by atoms with E-state index >= 15 is 0 Å². The zero-order chi connectivity index (χ0) is 13.1. The second kappa shape index (κ2) is 5.51. The molecule has 1 N–H and O–H groups in total. The molecule has 0 aromatic rings. The van der Waals surface area contributed by atoms with Gasteiger partial charge in [-0.2, -0.15) is 0 Å². The summed E-state index contributed by atoms with van der Waals surface area (Å²) in [6.07, 6.45) is 1.65. The summed E-state index contributed by atoms with van der Waals surface area (Å²) in [6.45, 7) is 13.6. The van der Waals surface area contributed by atoms with Crippen LogP contribution in [0.2, 0.25) is 0 Å². The Labute approximate surface area is 105 Å². The van der Waals surface area contributed by atoms with Crippen molar-refractivity contribution in [3.05, 3.63) is 12.2 Å². The fourth-order valence-electron chi connectivity index (χ4n) is 1.95. The number of ether oxygens (including phenoxy) is 2. The van der Waals surface area contributed by atoms with Crippen molar-refractivity contribution >= 4 is 0 Å². The Morgan fingerprint density at radius 2 is 1.82 bits per heavy atom. The molecule has 3 heteroatoms. The van der Waals surface area contributed by atoms with Gasteiger partial charge < -0.3 is 14.6 Å². The number of rotatable bonds is 5. The smallest absolute Gasteiger partial charge is 0.190 e. The zero-order valence-corrected chi connectivity index (χ0v) is 11.6. The molecular formula is C14H26O3. The minimum absolute atomic E-state index is 0.0579. The molecule has 1 unspecified atom stereocenters. The molecule has 0 bridgehead atoms. The summed E-state index contributed by atoms with van der Waals surface area (Å²) in [4.78, 5) is 0. The number of aliphatic hydroxyl groups excluding tert-OH is 1. The number of hydrogen-bond acceptors (Lipinski definition) is 3. The minimum atomic E-state index is -0.689. The van der Waals surface area contributed by atoms with Gasteiger partial charge in [-0.15, -0.1) is 0 Å². The Morgan fingerprint density at radius 3 is 2.24 bits per heavy atom. The van der Waals surface area contributed by atoms with Crippen molar-refractivity contribution in [1.82, 2.24) is 0 Å². The average Bonchev–Trinajstić information content (AvgIpc) is 2.29. The SMILES string of the molecule is C=C(CC(O)CC)C1(CC)OCC(C)(C)CO1. The van der Waals surface area contributed by atoms with Gasteiger partial charge in [-0.1, -0.05) is 34.3 Å². The van der Waals surface area contributed by atoms with Crippen LogP contribution >= 0.6 is 0 Å². The van der Waals surface area contributed by atoms with Crippen LogP contribution in [0.3, 0.4) is 0 Å². The highest BCUT2D eigenvalue weighted by Gasteiger charge is 2.41. The highest BCUT2D eigenvalue weighted by Crippen LogP contribution is 2.37. The largest absolute Gasteiger partial charge is 0.393 e. The van der Waals surface area contributed by atoms with E-state index in [1.54, 1.807) is 0 Å². The molecular weight excluding hydrogens is 216 g/mol.